The van der Waals surface area contributed by atoms with Crippen LogP contribution in [0.5, 0.6) is 5.75 Å². The van der Waals surface area contributed by atoms with Gasteiger partial charge >= 0.3 is 6.61 Å². The monoisotopic (exact) mass is 565 g/mol. The van der Waals surface area contributed by atoms with Crippen LogP contribution in [-0.2, 0) is 16.7 Å². The molecule has 10 heteroatoms. The number of aromatic nitrogens is 3. The predicted molar refractivity (Wildman–Crippen MR) is 156 cm³/mol. The van der Waals surface area contributed by atoms with E-state index in [1.54, 1.807) is 24.9 Å². The number of carbonyl (C=O) groups excluding carboxylic acids is 1. The summed E-state index contributed by atoms with van der Waals surface area (Å²) in [5, 5.41) is 0. The number of hydrogen-bond donors (Lipinski definition) is 1. The van der Waals surface area contributed by atoms with Gasteiger partial charge in [0.15, 0.2) is 12.0 Å². The minimum Gasteiger partial charge on any atom is -0.433 e. The zero-order valence-electron chi connectivity index (χ0n) is 24.3. The van der Waals surface area contributed by atoms with Gasteiger partial charge < -0.3 is 15.2 Å². The molecule has 0 saturated carbocycles. The Balaban J connectivity index is 0.00000124. The summed E-state index contributed by atoms with van der Waals surface area (Å²) in [5.41, 5.74) is 11.6. The second kappa shape index (κ2) is 12.4. The number of imidazole rings is 1. The topological polar surface area (TPSA) is 95.5 Å². The van der Waals surface area contributed by atoms with Crippen molar-refractivity contribution in [3.05, 3.63) is 71.3 Å². The van der Waals surface area contributed by atoms with Crippen LogP contribution in [-0.4, -0.2) is 60.6 Å². The maximum atomic E-state index is 13.4. The number of alkyl halides is 2. The smallest absolute Gasteiger partial charge is 0.387 e. The van der Waals surface area contributed by atoms with Gasteiger partial charge in [0.25, 0.3) is 0 Å². The molecule has 41 heavy (non-hydrogen) atoms. The maximum absolute atomic E-state index is 13.4. The third kappa shape index (κ3) is 6.00. The van der Waals surface area contributed by atoms with Crippen molar-refractivity contribution in [2.45, 2.75) is 51.3 Å². The zero-order chi connectivity index (χ0) is 29.9. The number of fused-ring (bicyclic) bond motifs is 2. The Morgan fingerprint density at radius 3 is 2.54 bits per heavy atom. The summed E-state index contributed by atoms with van der Waals surface area (Å²) in [6.07, 6.45) is 4.88. The summed E-state index contributed by atoms with van der Waals surface area (Å²) in [6.45, 7) is 0.977. The first-order valence-electron chi connectivity index (χ1n) is 13.5. The third-order valence-corrected chi connectivity index (χ3v) is 7.34. The molecule has 2 aromatic heterocycles. The van der Waals surface area contributed by atoms with Crippen LogP contribution >= 0.6 is 0 Å². The van der Waals surface area contributed by atoms with Gasteiger partial charge in [-0.3, -0.25) is 19.2 Å². The van der Waals surface area contributed by atoms with E-state index in [2.05, 4.69) is 15.8 Å². The quantitative estimate of drug-likeness (QED) is 0.266. The predicted octanol–water partition coefficient (Wildman–Crippen LogP) is 5.90. The Labute approximate surface area is 239 Å². The lowest BCUT2D eigenvalue weighted by Gasteiger charge is -2.25. The third-order valence-electron chi connectivity index (χ3n) is 7.34. The number of methoxy groups -OCH3 is 1. The second-order valence-electron chi connectivity index (χ2n) is 10.6. The number of aryl methyl sites for hydroxylation is 1. The van der Waals surface area contributed by atoms with Crippen molar-refractivity contribution in [1.29, 1.82) is 0 Å². The normalized spacial score (nSPS) is 17.0. The average molecular weight is 566 g/mol. The SMILES string of the molecule is CCC(c1nc2ccc(-c3cnc4c(c3)CCC4(C)N)cc2n1-c1c(C=O)cccc1OC(F)F)N(C)C.COC. The number of nitrogens with two attached hydrogens (primary N) is 1. The molecular formula is C31H37F2N5O3. The van der Waals surface area contributed by atoms with Gasteiger partial charge in [0, 0.05) is 31.5 Å². The van der Waals surface area contributed by atoms with E-state index in [-0.39, 0.29) is 23.0 Å². The van der Waals surface area contributed by atoms with Crippen LogP contribution in [0.25, 0.3) is 27.8 Å². The molecule has 218 valence electrons. The largest absolute Gasteiger partial charge is 0.433 e. The highest BCUT2D eigenvalue weighted by Crippen LogP contribution is 2.38. The van der Waals surface area contributed by atoms with Crippen LogP contribution in [0.15, 0.2) is 48.7 Å². The standard InChI is InChI=1S/C29H31F2N5O2.C2H6O/c1-5-22(35(3)4)27-34-21-10-9-17(20-13-18-11-12-29(2,32)26(18)33-15-20)14-23(21)36(27)25-19(16-37)7-6-8-24(25)38-28(30)31;1-3-2/h6-10,13-16,22,28H,5,11-12,32H2,1-4H3;1-2H3. The fourth-order valence-electron chi connectivity index (χ4n) is 5.46. The molecule has 8 nitrogen and oxygen atoms in total. The van der Waals surface area contributed by atoms with Crippen molar-refractivity contribution < 1.29 is 23.0 Å². The van der Waals surface area contributed by atoms with Crippen molar-refractivity contribution in [2.75, 3.05) is 28.3 Å². The van der Waals surface area contributed by atoms with Gasteiger partial charge in [-0.1, -0.05) is 19.1 Å². The highest BCUT2D eigenvalue weighted by molar-refractivity contribution is 5.89. The molecule has 1 aliphatic carbocycles. The van der Waals surface area contributed by atoms with Gasteiger partial charge in [0.05, 0.1) is 28.3 Å². The van der Waals surface area contributed by atoms with E-state index in [0.717, 1.165) is 35.2 Å². The van der Waals surface area contributed by atoms with Crippen molar-refractivity contribution in [3.63, 3.8) is 0 Å². The number of aldehydes is 1. The fourth-order valence-corrected chi connectivity index (χ4v) is 5.46. The molecule has 2 heterocycles. The zero-order valence-corrected chi connectivity index (χ0v) is 24.3. The van der Waals surface area contributed by atoms with Gasteiger partial charge in [0.2, 0.25) is 0 Å². The van der Waals surface area contributed by atoms with E-state index in [1.807, 2.05) is 57.2 Å². The van der Waals surface area contributed by atoms with Crippen LogP contribution < -0.4 is 10.5 Å². The van der Waals surface area contributed by atoms with Crippen molar-refractivity contribution in [3.8, 4) is 22.6 Å². The molecule has 0 fully saturated rings. The van der Waals surface area contributed by atoms with Crippen LogP contribution in [0, 0.1) is 0 Å². The number of halogens is 2. The van der Waals surface area contributed by atoms with Gasteiger partial charge in [0.1, 0.15) is 11.5 Å². The summed E-state index contributed by atoms with van der Waals surface area (Å²) >= 11 is 0. The highest BCUT2D eigenvalue weighted by atomic mass is 19.3. The minimum absolute atomic E-state index is 0.0920. The molecule has 0 radical (unpaired) electrons. The molecule has 0 saturated heterocycles. The minimum atomic E-state index is -3.05. The summed E-state index contributed by atoms with van der Waals surface area (Å²) < 4.78 is 37.8. The first-order chi connectivity index (χ1) is 19.6. The Hall–Kier alpha value is -3.73. The van der Waals surface area contributed by atoms with Gasteiger partial charge in [-0.15, -0.1) is 0 Å². The van der Waals surface area contributed by atoms with E-state index in [0.29, 0.717) is 29.6 Å². The Morgan fingerprint density at radius 2 is 1.90 bits per heavy atom. The summed E-state index contributed by atoms with van der Waals surface area (Å²) in [7, 11) is 7.12. The molecule has 2 aromatic carbocycles. The first kappa shape index (κ1) is 30.2. The summed E-state index contributed by atoms with van der Waals surface area (Å²) in [6, 6.07) is 12.4. The Morgan fingerprint density at radius 1 is 1.17 bits per heavy atom. The lowest BCUT2D eigenvalue weighted by molar-refractivity contribution is -0.0498. The van der Waals surface area contributed by atoms with E-state index >= 15 is 0 Å². The molecule has 0 bridgehead atoms. The molecule has 0 aliphatic heterocycles. The second-order valence-corrected chi connectivity index (χ2v) is 10.6. The number of hydrogen-bond acceptors (Lipinski definition) is 7. The molecule has 2 atom stereocenters. The van der Waals surface area contributed by atoms with Gasteiger partial charge in [-0.25, -0.2) is 4.98 Å². The summed E-state index contributed by atoms with van der Waals surface area (Å²) in [5.74, 6) is 0.537. The Bertz CT molecular complexity index is 1530. The van der Waals surface area contributed by atoms with E-state index in [4.69, 9.17) is 15.5 Å². The number of pyridine rings is 1. The van der Waals surface area contributed by atoms with Crippen LogP contribution in [0.3, 0.4) is 0 Å². The maximum Gasteiger partial charge on any atom is 0.387 e. The van der Waals surface area contributed by atoms with Crippen molar-refractivity contribution in [1.82, 2.24) is 19.4 Å². The molecule has 5 rings (SSSR count). The molecule has 2 N–H and O–H groups in total. The lowest BCUT2D eigenvalue weighted by Crippen LogP contribution is -2.30. The van der Waals surface area contributed by atoms with Crippen LogP contribution in [0.4, 0.5) is 8.78 Å². The number of benzene rings is 2. The van der Waals surface area contributed by atoms with Crippen molar-refractivity contribution in [2.24, 2.45) is 5.73 Å². The lowest BCUT2D eigenvalue weighted by atomic mass is 9.99. The average Bonchev–Trinajstić information content (AvgIpc) is 3.44. The van der Waals surface area contributed by atoms with Gasteiger partial charge in [-0.2, -0.15) is 8.78 Å². The number of ether oxygens (including phenoxy) is 2. The molecule has 2 unspecified atom stereocenters. The number of nitrogens with zero attached hydrogens (tertiary/aromatic N) is 4. The fraction of sp³-hybridized carbons (Fsp3) is 0.387. The molecule has 0 amide bonds. The summed E-state index contributed by atoms with van der Waals surface area (Å²) in [4.78, 5) is 23.8. The number of para-hydroxylation sites is 1. The number of rotatable bonds is 8. The molecule has 0 spiro atoms. The van der Waals surface area contributed by atoms with Crippen molar-refractivity contribution >= 4 is 17.3 Å². The Kier molecular flexibility index (Phi) is 9.16. The van der Waals surface area contributed by atoms with Crippen LogP contribution in [0.2, 0.25) is 0 Å². The van der Waals surface area contributed by atoms with E-state index < -0.39 is 12.2 Å². The van der Waals surface area contributed by atoms with E-state index in [1.165, 1.54) is 12.1 Å². The van der Waals surface area contributed by atoms with Gasteiger partial charge in [-0.05, 0) is 81.7 Å². The highest BCUT2D eigenvalue weighted by Gasteiger charge is 2.32. The number of carbonyl (C=O) groups is 1. The molecule has 4 aromatic rings. The van der Waals surface area contributed by atoms with Crippen LogP contribution in [0.1, 0.15) is 60.2 Å². The first-order valence-corrected chi connectivity index (χ1v) is 13.5. The molecule has 1 aliphatic rings. The molecular weight excluding hydrogens is 528 g/mol. The van der Waals surface area contributed by atoms with E-state index in [9.17, 15) is 13.6 Å².